The normalized spacial score (nSPS) is 19.8. The Morgan fingerprint density at radius 2 is 2.33 bits per heavy atom. The van der Waals surface area contributed by atoms with Gasteiger partial charge in [0.2, 0.25) is 0 Å². The number of hydrogen-bond donors (Lipinski definition) is 2. The molecule has 1 unspecified atom stereocenters. The average molecular weight is 318 g/mol. The van der Waals surface area contributed by atoms with Crippen LogP contribution in [0.15, 0.2) is 10.5 Å². The predicted octanol–water partition coefficient (Wildman–Crippen LogP) is 2.99. The van der Waals surface area contributed by atoms with E-state index in [9.17, 15) is 9.50 Å². The largest absolute Gasteiger partial charge is 0.504 e. The quantitative estimate of drug-likeness (QED) is 0.900. The highest BCUT2D eigenvalue weighted by Crippen LogP contribution is 2.37. The Morgan fingerprint density at radius 3 is 2.94 bits per heavy atom. The van der Waals surface area contributed by atoms with E-state index >= 15 is 0 Å². The van der Waals surface area contributed by atoms with Crippen LogP contribution in [0.2, 0.25) is 0 Å². The van der Waals surface area contributed by atoms with Gasteiger partial charge in [0.05, 0.1) is 11.6 Å². The van der Waals surface area contributed by atoms with Gasteiger partial charge in [0, 0.05) is 17.7 Å². The third-order valence-electron chi connectivity index (χ3n) is 3.33. The Bertz CT molecular complexity index is 433. The first-order valence-corrected chi connectivity index (χ1v) is 6.90. The van der Waals surface area contributed by atoms with Crippen LogP contribution in [0.5, 0.6) is 11.5 Å². The second kappa shape index (κ2) is 5.89. The molecule has 1 heterocycles. The van der Waals surface area contributed by atoms with Gasteiger partial charge in [-0.05, 0) is 41.7 Å². The van der Waals surface area contributed by atoms with E-state index in [2.05, 4.69) is 21.2 Å². The SMILES string of the molecule is COc1cc(Br)c(F)c(CC2CCCCN2)c1O. The fraction of sp³-hybridized carbons (Fsp3) is 0.538. The molecular weight excluding hydrogens is 301 g/mol. The lowest BCUT2D eigenvalue weighted by atomic mass is 9.97. The van der Waals surface area contributed by atoms with Gasteiger partial charge in [0.1, 0.15) is 5.82 Å². The first-order chi connectivity index (χ1) is 8.63. The van der Waals surface area contributed by atoms with Crippen LogP contribution in [-0.4, -0.2) is 24.8 Å². The smallest absolute Gasteiger partial charge is 0.164 e. The number of rotatable bonds is 3. The first kappa shape index (κ1) is 13.6. The van der Waals surface area contributed by atoms with Crippen LogP contribution < -0.4 is 10.1 Å². The van der Waals surface area contributed by atoms with Gasteiger partial charge in [-0.2, -0.15) is 0 Å². The molecule has 0 aromatic heterocycles. The zero-order valence-corrected chi connectivity index (χ0v) is 11.9. The number of aromatic hydroxyl groups is 1. The molecule has 0 saturated carbocycles. The second-order valence-electron chi connectivity index (χ2n) is 4.55. The van der Waals surface area contributed by atoms with Crippen LogP contribution >= 0.6 is 15.9 Å². The van der Waals surface area contributed by atoms with Crippen molar-refractivity contribution >= 4 is 15.9 Å². The van der Waals surface area contributed by atoms with Gasteiger partial charge in [-0.15, -0.1) is 0 Å². The summed E-state index contributed by atoms with van der Waals surface area (Å²) < 4.78 is 19.4. The van der Waals surface area contributed by atoms with Crippen LogP contribution in [0.1, 0.15) is 24.8 Å². The molecule has 0 amide bonds. The molecule has 1 aliphatic heterocycles. The minimum Gasteiger partial charge on any atom is -0.504 e. The minimum atomic E-state index is -0.402. The van der Waals surface area contributed by atoms with Gasteiger partial charge < -0.3 is 15.2 Å². The number of methoxy groups -OCH3 is 1. The van der Waals surface area contributed by atoms with Crippen molar-refractivity contribution in [3.63, 3.8) is 0 Å². The minimum absolute atomic E-state index is 0.0921. The number of phenols is 1. The standard InChI is InChI=1S/C13H17BrFNO2/c1-18-11-7-10(14)12(15)9(13(11)17)6-8-4-2-3-5-16-8/h7-8,16-17H,2-6H2,1H3. The molecule has 1 fully saturated rings. The van der Waals surface area contributed by atoms with Gasteiger partial charge in [0.25, 0.3) is 0 Å². The lowest BCUT2D eigenvalue weighted by Gasteiger charge is -2.24. The maximum Gasteiger partial charge on any atom is 0.164 e. The van der Waals surface area contributed by atoms with Crippen LogP contribution in [-0.2, 0) is 6.42 Å². The van der Waals surface area contributed by atoms with Crippen molar-refractivity contribution in [1.29, 1.82) is 0 Å². The zero-order valence-electron chi connectivity index (χ0n) is 10.3. The summed E-state index contributed by atoms with van der Waals surface area (Å²) in [6.07, 6.45) is 3.79. The van der Waals surface area contributed by atoms with E-state index in [-0.39, 0.29) is 11.8 Å². The number of piperidine rings is 1. The maximum atomic E-state index is 14.0. The fourth-order valence-electron chi connectivity index (χ4n) is 2.33. The average Bonchev–Trinajstić information content (AvgIpc) is 2.40. The summed E-state index contributed by atoms with van der Waals surface area (Å²) in [5.74, 6) is -0.194. The van der Waals surface area contributed by atoms with Gasteiger partial charge >= 0.3 is 0 Å². The van der Waals surface area contributed by atoms with E-state index in [0.29, 0.717) is 22.2 Å². The van der Waals surface area contributed by atoms with Crippen LogP contribution in [0.3, 0.4) is 0 Å². The Balaban J connectivity index is 2.27. The molecule has 1 saturated heterocycles. The molecule has 2 rings (SSSR count). The number of ether oxygens (including phenoxy) is 1. The summed E-state index contributed by atoms with van der Waals surface area (Å²) in [6.45, 7) is 0.957. The van der Waals surface area contributed by atoms with Crippen molar-refractivity contribution in [2.45, 2.75) is 31.7 Å². The second-order valence-corrected chi connectivity index (χ2v) is 5.41. The molecule has 1 atom stereocenters. The van der Waals surface area contributed by atoms with Crippen molar-refractivity contribution in [2.24, 2.45) is 0 Å². The van der Waals surface area contributed by atoms with E-state index in [4.69, 9.17) is 4.74 Å². The van der Waals surface area contributed by atoms with E-state index in [1.807, 2.05) is 0 Å². The van der Waals surface area contributed by atoms with Gasteiger partial charge in [-0.1, -0.05) is 6.42 Å². The van der Waals surface area contributed by atoms with E-state index < -0.39 is 5.82 Å². The lowest BCUT2D eigenvalue weighted by Crippen LogP contribution is -2.35. The van der Waals surface area contributed by atoms with Gasteiger partial charge in [-0.3, -0.25) is 0 Å². The molecule has 1 aromatic carbocycles. The monoisotopic (exact) mass is 317 g/mol. The topological polar surface area (TPSA) is 41.5 Å². The summed E-state index contributed by atoms with van der Waals surface area (Å²) in [6, 6.07) is 1.67. The summed E-state index contributed by atoms with van der Waals surface area (Å²) in [5, 5.41) is 13.4. The molecule has 1 aromatic rings. The molecule has 0 bridgehead atoms. The molecule has 0 radical (unpaired) electrons. The van der Waals surface area contributed by atoms with Crippen molar-refractivity contribution in [3.8, 4) is 11.5 Å². The van der Waals surface area contributed by atoms with Crippen LogP contribution in [0, 0.1) is 5.82 Å². The van der Waals surface area contributed by atoms with Crippen LogP contribution in [0.4, 0.5) is 4.39 Å². The van der Waals surface area contributed by atoms with E-state index in [0.717, 1.165) is 25.8 Å². The van der Waals surface area contributed by atoms with Gasteiger partial charge in [0.15, 0.2) is 11.5 Å². The summed E-state index contributed by atoms with van der Waals surface area (Å²) in [5.41, 5.74) is 0.320. The molecule has 0 aliphatic carbocycles. The van der Waals surface area contributed by atoms with Gasteiger partial charge in [-0.25, -0.2) is 4.39 Å². The lowest BCUT2D eigenvalue weighted by molar-refractivity contribution is 0.356. The third kappa shape index (κ3) is 2.78. The third-order valence-corrected chi connectivity index (χ3v) is 3.91. The molecule has 2 N–H and O–H groups in total. The Kier molecular flexibility index (Phi) is 4.45. The summed E-state index contributed by atoms with van der Waals surface area (Å²) in [7, 11) is 1.46. The predicted molar refractivity (Wildman–Crippen MR) is 71.7 cm³/mol. The Hall–Kier alpha value is -0.810. The first-order valence-electron chi connectivity index (χ1n) is 6.10. The number of nitrogens with one attached hydrogen (secondary N) is 1. The zero-order chi connectivity index (χ0) is 13.1. The van der Waals surface area contributed by atoms with E-state index in [1.165, 1.54) is 13.2 Å². The summed E-state index contributed by atoms with van der Waals surface area (Å²) >= 11 is 3.15. The fourth-order valence-corrected chi connectivity index (χ4v) is 2.78. The molecule has 5 heteroatoms. The number of benzene rings is 1. The van der Waals surface area contributed by atoms with Crippen LogP contribution in [0.25, 0.3) is 0 Å². The molecule has 3 nitrogen and oxygen atoms in total. The Morgan fingerprint density at radius 1 is 1.56 bits per heavy atom. The molecule has 0 spiro atoms. The molecule has 100 valence electrons. The van der Waals surface area contributed by atoms with Crippen molar-refractivity contribution in [1.82, 2.24) is 5.32 Å². The van der Waals surface area contributed by atoms with Crippen molar-refractivity contribution in [3.05, 3.63) is 21.9 Å². The van der Waals surface area contributed by atoms with Crippen molar-refractivity contribution in [2.75, 3.05) is 13.7 Å². The number of halogens is 2. The number of hydrogen-bond acceptors (Lipinski definition) is 3. The maximum absolute atomic E-state index is 14.0. The van der Waals surface area contributed by atoms with Crippen molar-refractivity contribution < 1.29 is 14.2 Å². The molecule has 18 heavy (non-hydrogen) atoms. The van der Waals surface area contributed by atoms with E-state index in [1.54, 1.807) is 0 Å². The Labute approximate surface area is 114 Å². The highest BCUT2D eigenvalue weighted by molar-refractivity contribution is 9.10. The highest BCUT2D eigenvalue weighted by Gasteiger charge is 2.22. The molecular formula is C13H17BrFNO2. The molecule has 1 aliphatic rings. The highest BCUT2D eigenvalue weighted by atomic mass is 79.9. The number of phenolic OH excluding ortho intramolecular Hbond substituents is 1. The summed E-state index contributed by atoms with van der Waals surface area (Å²) in [4.78, 5) is 0.